The molecule has 1 saturated heterocycles. The van der Waals surface area contributed by atoms with Gasteiger partial charge in [-0.05, 0) is 60.5 Å². The molecule has 0 aliphatic carbocycles. The van der Waals surface area contributed by atoms with Gasteiger partial charge in [0.15, 0.2) is 0 Å². The Balaban J connectivity index is 1.72. The molecule has 1 unspecified atom stereocenters. The van der Waals surface area contributed by atoms with E-state index < -0.39 is 23.7 Å². The van der Waals surface area contributed by atoms with Crippen LogP contribution in [0.1, 0.15) is 53.7 Å². The Bertz CT molecular complexity index is 1300. The molecule has 1 fully saturated rings. The second kappa shape index (κ2) is 11.6. The third-order valence-corrected chi connectivity index (χ3v) is 6.27. The van der Waals surface area contributed by atoms with Gasteiger partial charge >= 0.3 is 5.97 Å². The first kappa shape index (κ1) is 25.7. The third-order valence-electron chi connectivity index (χ3n) is 6.27. The molecule has 3 aromatic rings. The van der Waals surface area contributed by atoms with E-state index in [2.05, 4.69) is 6.92 Å². The van der Waals surface area contributed by atoms with Gasteiger partial charge in [-0.1, -0.05) is 50.1 Å². The Morgan fingerprint density at radius 2 is 1.54 bits per heavy atom. The molecule has 1 heterocycles. The zero-order valence-electron chi connectivity index (χ0n) is 20.8. The summed E-state index contributed by atoms with van der Waals surface area (Å²) in [4.78, 5) is 39.7. The van der Waals surface area contributed by atoms with E-state index in [1.54, 1.807) is 60.7 Å². The van der Waals surface area contributed by atoms with Gasteiger partial charge in [0.25, 0.3) is 11.7 Å². The highest BCUT2D eigenvalue weighted by atomic mass is 16.5. The van der Waals surface area contributed by atoms with Crippen LogP contribution in [0.4, 0.5) is 5.69 Å². The van der Waals surface area contributed by atoms with Crippen molar-refractivity contribution in [3.8, 4) is 5.75 Å². The van der Waals surface area contributed by atoms with Crippen LogP contribution >= 0.6 is 0 Å². The number of anilines is 1. The molecule has 1 aliphatic rings. The van der Waals surface area contributed by atoms with E-state index in [0.29, 0.717) is 34.7 Å². The molecule has 3 aromatic carbocycles. The summed E-state index contributed by atoms with van der Waals surface area (Å²) in [6.07, 6.45) is 3.15. The average Bonchev–Trinajstić information content (AvgIpc) is 3.21. The lowest BCUT2D eigenvalue weighted by molar-refractivity contribution is -0.132. The van der Waals surface area contributed by atoms with Crippen molar-refractivity contribution >= 4 is 29.1 Å². The predicted molar refractivity (Wildman–Crippen MR) is 140 cm³/mol. The zero-order chi connectivity index (χ0) is 26.4. The van der Waals surface area contributed by atoms with Gasteiger partial charge in [-0.2, -0.15) is 0 Å². The largest absolute Gasteiger partial charge is 0.507 e. The van der Waals surface area contributed by atoms with Crippen molar-refractivity contribution in [3.05, 3.63) is 101 Å². The van der Waals surface area contributed by atoms with Crippen molar-refractivity contribution in [2.45, 2.75) is 32.2 Å². The number of carbonyl (C=O) groups is 3. The lowest BCUT2D eigenvalue weighted by Crippen LogP contribution is -2.29. The van der Waals surface area contributed by atoms with Crippen molar-refractivity contribution < 1.29 is 29.0 Å². The Kier molecular flexibility index (Phi) is 8.03. The molecule has 1 aliphatic heterocycles. The summed E-state index contributed by atoms with van der Waals surface area (Å²) < 4.78 is 10.5. The van der Waals surface area contributed by atoms with Crippen LogP contribution in [0.3, 0.4) is 0 Å². The Morgan fingerprint density at radius 3 is 2.16 bits per heavy atom. The topological polar surface area (TPSA) is 93.1 Å². The molecule has 1 N–H and O–H groups in total. The maximum Gasteiger partial charge on any atom is 0.337 e. The number of rotatable bonds is 9. The minimum atomic E-state index is -0.852. The number of hydrogen-bond acceptors (Lipinski definition) is 6. The first-order valence-electron chi connectivity index (χ1n) is 12.2. The summed E-state index contributed by atoms with van der Waals surface area (Å²) in [5.74, 6) is -1.66. The lowest BCUT2D eigenvalue weighted by Gasteiger charge is -2.25. The number of ketones is 1. The number of aliphatic hydroxyl groups is 1. The number of carbonyl (C=O) groups excluding carboxylic acids is 3. The number of amides is 1. The molecule has 0 aromatic heterocycles. The molecular formula is C30H29NO6. The van der Waals surface area contributed by atoms with Crippen LogP contribution in [0.15, 0.2) is 84.4 Å². The van der Waals surface area contributed by atoms with Gasteiger partial charge in [-0.25, -0.2) is 4.79 Å². The van der Waals surface area contributed by atoms with Gasteiger partial charge in [0.1, 0.15) is 11.5 Å². The van der Waals surface area contributed by atoms with Crippen LogP contribution in [-0.4, -0.2) is 36.5 Å². The number of benzene rings is 3. The van der Waals surface area contributed by atoms with Gasteiger partial charge in [0, 0.05) is 11.3 Å². The number of aliphatic hydroxyl groups excluding tert-OH is 1. The lowest BCUT2D eigenvalue weighted by atomic mass is 9.95. The predicted octanol–water partition coefficient (Wildman–Crippen LogP) is 5.67. The van der Waals surface area contributed by atoms with E-state index in [0.717, 1.165) is 19.3 Å². The van der Waals surface area contributed by atoms with Gasteiger partial charge in [0.2, 0.25) is 0 Å². The van der Waals surface area contributed by atoms with Crippen LogP contribution in [0.25, 0.3) is 5.76 Å². The van der Waals surface area contributed by atoms with Gasteiger partial charge in [0.05, 0.1) is 30.9 Å². The number of hydrogen-bond donors (Lipinski definition) is 1. The number of Topliss-reactive ketones (excluding diaryl/α,β-unsaturated/α-hetero) is 1. The van der Waals surface area contributed by atoms with Crippen LogP contribution in [0.5, 0.6) is 5.75 Å². The summed E-state index contributed by atoms with van der Waals surface area (Å²) in [5.41, 5.74) is 1.79. The molecular weight excluding hydrogens is 470 g/mol. The van der Waals surface area contributed by atoms with Crippen molar-refractivity contribution in [2.24, 2.45) is 0 Å². The number of unbranched alkanes of at least 4 members (excludes halogenated alkanes) is 2. The van der Waals surface area contributed by atoms with Crippen LogP contribution in [-0.2, 0) is 14.3 Å². The molecule has 7 nitrogen and oxygen atoms in total. The SMILES string of the molecule is CCCCCOc1ccc(/C(O)=C2\C(=O)C(=O)N(c3ccc(C(=O)OC)cc3)C2c2ccccc2)cc1. The summed E-state index contributed by atoms with van der Waals surface area (Å²) >= 11 is 0. The maximum absolute atomic E-state index is 13.3. The molecule has 7 heteroatoms. The normalized spacial score (nSPS) is 16.6. The Morgan fingerprint density at radius 1 is 0.892 bits per heavy atom. The molecule has 0 spiro atoms. The van der Waals surface area contributed by atoms with E-state index in [9.17, 15) is 19.5 Å². The summed E-state index contributed by atoms with van der Waals surface area (Å²) in [5, 5.41) is 11.3. The molecule has 0 saturated carbocycles. The quantitative estimate of drug-likeness (QED) is 0.134. The number of nitrogens with zero attached hydrogens (tertiary/aromatic N) is 1. The van der Waals surface area contributed by atoms with E-state index in [1.165, 1.54) is 24.1 Å². The van der Waals surface area contributed by atoms with E-state index in [-0.39, 0.29) is 11.3 Å². The Labute approximate surface area is 215 Å². The van der Waals surface area contributed by atoms with Crippen molar-refractivity contribution in [2.75, 3.05) is 18.6 Å². The summed E-state index contributed by atoms with van der Waals surface area (Å²) in [7, 11) is 1.29. The van der Waals surface area contributed by atoms with Crippen LogP contribution in [0.2, 0.25) is 0 Å². The fourth-order valence-corrected chi connectivity index (χ4v) is 4.33. The fraction of sp³-hybridized carbons (Fsp3) is 0.233. The zero-order valence-corrected chi connectivity index (χ0v) is 20.8. The number of methoxy groups -OCH3 is 1. The van der Waals surface area contributed by atoms with Crippen LogP contribution < -0.4 is 9.64 Å². The molecule has 1 atom stereocenters. The minimum Gasteiger partial charge on any atom is -0.507 e. The number of esters is 1. The standard InChI is InChI=1S/C30H29NO6/c1-3-4-8-19-37-24-17-13-21(14-18-24)27(32)25-26(20-9-6-5-7-10-20)31(29(34)28(25)33)23-15-11-22(12-16-23)30(35)36-2/h5-7,9-18,26,32H,3-4,8,19H2,1-2H3/b27-25+. The van der Waals surface area contributed by atoms with Gasteiger partial charge < -0.3 is 14.6 Å². The molecule has 190 valence electrons. The summed E-state index contributed by atoms with van der Waals surface area (Å²) in [6, 6.07) is 21.2. The minimum absolute atomic E-state index is 0.00939. The van der Waals surface area contributed by atoms with E-state index in [1.807, 2.05) is 6.07 Å². The Hall–Kier alpha value is -4.39. The van der Waals surface area contributed by atoms with Gasteiger partial charge in [-0.15, -0.1) is 0 Å². The van der Waals surface area contributed by atoms with E-state index in [4.69, 9.17) is 9.47 Å². The average molecular weight is 500 g/mol. The molecule has 37 heavy (non-hydrogen) atoms. The monoisotopic (exact) mass is 499 g/mol. The number of ether oxygens (including phenoxy) is 2. The van der Waals surface area contributed by atoms with Crippen molar-refractivity contribution in [1.29, 1.82) is 0 Å². The second-order valence-electron chi connectivity index (χ2n) is 8.70. The first-order valence-corrected chi connectivity index (χ1v) is 12.2. The molecule has 0 bridgehead atoms. The smallest absolute Gasteiger partial charge is 0.337 e. The fourth-order valence-electron chi connectivity index (χ4n) is 4.33. The third kappa shape index (κ3) is 5.40. The second-order valence-corrected chi connectivity index (χ2v) is 8.70. The highest BCUT2D eigenvalue weighted by molar-refractivity contribution is 6.51. The maximum atomic E-state index is 13.3. The molecule has 0 radical (unpaired) electrons. The summed E-state index contributed by atoms with van der Waals surface area (Å²) in [6.45, 7) is 2.73. The molecule has 4 rings (SSSR count). The highest BCUT2D eigenvalue weighted by Crippen LogP contribution is 2.42. The van der Waals surface area contributed by atoms with Crippen LogP contribution in [0, 0.1) is 0 Å². The van der Waals surface area contributed by atoms with Crippen molar-refractivity contribution in [3.63, 3.8) is 0 Å². The van der Waals surface area contributed by atoms with Crippen molar-refractivity contribution in [1.82, 2.24) is 0 Å². The molecule has 1 amide bonds. The first-order chi connectivity index (χ1) is 18.0. The van der Waals surface area contributed by atoms with E-state index >= 15 is 0 Å². The van der Waals surface area contributed by atoms with Gasteiger partial charge in [-0.3, -0.25) is 14.5 Å². The highest BCUT2D eigenvalue weighted by Gasteiger charge is 2.46.